The predicted molar refractivity (Wildman–Crippen MR) is 76.1 cm³/mol. The number of hydrogen-bond acceptors (Lipinski definition) is 7. The molecule has 0 saturated carbocycles. The maximum absolute atomic E-state index is 12.1. The molecular formula is C14H16N2O6. The van der Waals surface area contributed by atoms with Gasteiger partial charge in [0.2, 0.25) is 12.4 Å². The summed E-state index contributed by atoms with van der Waals surface area (Å²) in [5.41, 5.74) is 6.22. The highest BCUT2D eigenvalue weighted by molar-refractivity contribution is 5.91. The number of nitrogens with zero attached hydrogens (tertiary/aromatic N) is 1. The van der Waals surface area contributed by atoms with Crippen LogP contribution in [0, 0.1) is 10.1 Å². The van der Waals surface area contributed by atoms with Crippen molar-refractivity contribution in [2.75, 3.05) is 20.3 Å². The van der Waals surface area contributed by atoms with E-state index in [0.29, 0.717) is 11.3 Å². The number of nitro groups is 1. The Kier molecular flexibility index (Phi) is 4.50. The lowest BCUT2D eigenvalue weighted by Gasteiger charge is -2.26. The Hall–Kier alpha value is -2.77. The standard InChI is InChI=1S/C14H16N2O6/c1-3-21-14(17)11-9(7-16(18)19)8-5-4-6-10(20-2)12(8)22-13(11)15/h4-6,9H,3,7,15H2,1-2H3. The first-order chi connectivity index (χ1) is 10.5. The fourth-order valence-corrected chi connectivity index (χ4v) is 2.36. The summed E-state index contributed by atoms with van der Waals surface area (Å²) in [7, 11) is 1.45. The SMILES string of the molecule is CCOC(=O)C1=C(N)Oc2c(OC)cccc2C1C[N+](=O)[O-]. The van der Waals surface area contributed by atoms with Crippen LogP contribution in [0.4, 0.5) is 0 Å². The molecule has 0 saturated heterocycles. The molecule has 2 N–H and O–H groups in total. The lowest BCUT2D eigenvalue weighted by Crippen LogP contribution is -2.30. The molecule has 0 spiro atoms. The predicted octanol–water partition coefficient (Wildman–Crippen LogP) is 1.18. The Morgan fingerprint density at radius 1 is 1.50 bits per heavy atom. The first-order valence-electron chi connectivity index (χ1n) is 6.62. The molecule has 1 aliphatic heterocycles. The number of methoxy groups -OCH3 is 1. The van der Waals surface area contributed by atoms with Crippen LogP contribution in [0.3, 0.4) is 0 Å². The molecule has 8 heteroatoms. The van der Waals surface area contributed by atoms with Gasteiger partial charge in [0.05, 0.1) is 19.6 Å². The summed E-state index contributed by atoms with van der Waals surface area (Å²) >= 11 is 0. The minimum Gasteiger partial charge on any atom is -0.493 e. The van der Waals surface area contributed by atoms with Crippen molar-refractivity contribution in [3.8, 4) is 11.5 Å². The van der Waals surface area contributed by atoms with Crippen molar-refractivity contribution in [1.29, 1.82) is 0 Å². The maximum atomic E-state index is 12.1. The van der Waals surface area contributed by atoms with Crippen LogP contribution in [-0.4, -0.2) is 31.2 Å². The van der Waals surface area contributed by atoms with Gasteiger partial charge in [-0.3, -0.25) is 10.1 Å². The molecule has 1 aromatic carbocycles. The third kappa shape index (κ3) is 2.80. The van der Waals surface area contributed by atoms with Gasteiger partial charge in [-0.2, -0.15) is 0 Å². The molecule has 0 fully saturated rings. The number of benzene rings is 1. The zero-order valence-electron chi connectivity index (χ0n) is 12.2. The average Bonchev–Trinajstić information content (AvgIpc) is 2.46. The summed E-state index contributed by atoms with van der Waals surface area (Å²) in [5, 5.41) is 11.0. The number of carbonyl (C=O) groups is 1. The fraction of sp³-hybridized carbons (Fsp3) is 0.357. The van der Waals surface area contributed by atoms with Gasteiger partial charge in [-0.15, -0.1) is 0 Å². The van der Waals surface area contributed by atoms with Crippen molar-refractivity contribution in [2.24, 2.45) is 5.73 Å². The second-order valence-electron chi connectivity index (χ2n) is 4.55. The lowest BCUT2D eigenvalue weighted by molar-refractivity contribution is -0.482. The van der Waals surface area contributed by atoms with E-state index in [1.165, 1.54) is 7.11 Å². The summed E-state index contributed by atoms with van der Waals surface area (Å²) in [5.74, 6) is -1.12. The number of rotatable bonds is 5. The van der Waals surface area contributed by atoms with Crippen LogP contribution >= 0.6 is 0 Å². The summed E-state index contributed by atoms with van der Waals surface area (Å²) < 4.78 is 15.5. The second-order valence-corrected chi connectivity index (χ2v) is 4.55. The second kappa shape index (κ2) is 6.33. The molecule has 1 heterocycles. The fourth-order valence-electron chi connectivity index (χ4n) is 2.36. The van der Waals surface area contributed by atoms with E-state index >= 15 is 0 Å². The normalized spacial score (nSPS) is 16.5. The molecule has 0 radical (unpaired) electrons. The summed E-state index contributed by atoms with van der Waals surface area (Å²) in [6.45, 7) is 1.27. The highest BCUT2D eigenvalue weighted by Gasteiger charge is 2.38. The highest BCUT2D eigenvalue weighted by atomic mass is 16.6. The van der Waals surface area contributed by atoms with Gasteiger partial charge in [0, 0.05) is 10.5 Å². The van der Waals surface area contributed by atoms with Gasteiger partial charge in [0.1, 0.15) is 5.57 Å². The van der Waals surface area contributed by atoms with Crippen molar-refractivity contribution < 1.29 is 23.9 Å². The van der Waals surface area contributed by atoms with Crippen molar-refractivity contribution in [3.63, 3.8) is 0 Å². The van der Waals surface area contributed by atoms with Crippen molar-refractivity contribution in [2.45, 2.75) is 12.8 Å². The minimum absolute atomic E-state index is 0.0423. The topological polar surface area (TPSA) is 114 Å². The number of para-hydroxylation sites is 1. The Morgan fingerprint density at radius 2 is 2.23 bits per heavy atom. The van der Waals surface area contributed by atoms with E-state index in [1.807, 2.05) is 0 Å². The molecule has 22 heavy (non-hydrogen) atoms. The molecule has 1 unspecified atom stereocenters. The quantitative estimate of drug-likeness (QED) is 0.493. The van der Waals surface area contributed by atoms with E-state index in [1.54, 1.807) is 25.1 Å². The van der Waals surface area contributed by atoms with E-state index in [9.17, 15) is 14.9 Å². The van der Waals surface area contributed by atoms with Gasteiger partial charge in [0.25, 0.3) is 0 Å². The van der Waals surface area contributed by atoms with Crippen molar-refractivity contribution in [1.82, 2.24) is 0 Å². The molecule has 0 aromatic heterocycles. The Bertz CT molecular complexity index is 640. The van der Waals surface area contributed by atoms with Gasteiger partial charge in [-0.05, 0) is 13.0 Å². The van der Waals surface area contributed by atoms with Gasteiger partial charge < -0.3 is 19.9 Å². The van der Waals surface area contributed by atoms with Gasteiger partial charge in [-0.1, -0.05) is 12.1 Å². The molecule has 1 aliphatic rings. The van der Waals surface area contributed by atoms with Crippen LogP contribution in [0.1, 0.15) is 18.4 Å². The maximum Gasteiger partial charge on any atom is 0.340 e. The van der Waals surface area contributed by atoms with Crippen molar-refractivity contribution in [3.05, 3.63) is 45.3 Å². The summed E-state index contributed by atoms with van der Waals surface area (Å²) in [6, 6.07) is 4.95. The van der Waals surface area contributed by atoms with Crippen LogP contribution in [0.2, 0.25) is 0 Å². The molecule has 0 amide bonds. The Labute approximate surface area is 126 Å². The molecule has 1 atom stereocenters. The number of fused-ring (bicyclic) bond motifs is 1. The van der Waals surface area contributed by atoms with Gasteiger partial charge in [-0.25, -0.2) is 4.79 Å². The van der Waals surface area contributed by atoms with E-state index in [-0.39, 0.29) is 23.8 Å². The summed E-state index contributed by atoms with van der Waals surface area (Å²) in [4.78, 5) is 22.5. The monoisotopic (exact) mass is 308 g/mol. The van der Waals surface area contributed by atoms with E-state index in [0.717, 1.165) is 0 Å². The Morgan fingerprint density at radius 3 is 2.82 bits per heavy atom. The number of ether oxygens (including phenoxy) is 3. The van der Waals surface area contributed by atoms with E-state index in [2.05, 4.69) is 0 Å². The van der Waals surface area contributed by atoms with E-state index < -0.39 is 23.4 Å². The Balaban J connectivity index is 2.55. The smallest absolute Gasteiger partial charge is 0.340 e. The molecule has 2 rings (SSSR count). The molecular weight excluding hydrogens is 292 g/mol. The minimum atomic E-state index is -0.854. The number of esters is 1. The van der Waals surface area contributed by atoms with Crippen LogP contribution in [-0.2, 0) is 9.53 Å². The largest absolute Gasteiger partial charge is 0.493 e. The molecule has 0 aliphatic carbocycles. The number of carbonyl (C=O) groups excluding carboxylic acids is 1. The third-order valence-electron chi connectivity index (χ3n) is 3.26. The first kappa shape index (κ1) is 15.6. The molecule has 118 valence electrons. The van der Waals surface area contributed by atoms with Crippen molar-refractivity contribution >= 4 is 5.97 Å². The number of hydrogen-bond donors (Lipinski definition) is 1. The summed E-state index contributed by atoms with van der Waals surface area (Å²) in [6.07, 6.45) is 0. The number of nitrogens with two attached hydrogens (primary N) is 1. The van der Waals surface area contributed by atoms with Crippen LogP contribution in [0.5, 0.6) is 11.5 Å². The zero-order valence-corrected chi connectivity index (χ0v) is 12.2. The third-order valence-corrected chi connectivity index (χ3v) is 3.26. The van der Waals surface area contributed by atoms with Gasteiger partial charge in [0.15, 0.2) is 11.5 Å². The molecule has 0 bridgehead atoms. The lowest BCUT2D eigenvalue weighted by atomic mass is 9.88. The molecule has 8 nitrogen and oxygen atoms in total. The average molecular weight is 308 g/mol. The molecule has 1 aromatic rings. The van der Waals surface area contributed by atoms with Crippen LogP contribution in [0.25, 0.3) is 0 Å². The van der Waals surface area contributed by atoms with Crippen LogP contribution in [0.15, 0.2) is 29.7 Å². The zero-order chi connectivity index (χ0) is 16.3. The first-order valence-corrected chi connectivity index (χ1v) is 6.62. The van der Waals surface area contributed by atoms with Crippen LogP contribution < -0.4 is 15.2 Å². The van der Waals surface area contributed by atoms with E-state index in [4.69, 9.17) is 19.9 Å². The highest BCUT2D eigenvalue weighted by Crippen LogP contribution is 2.43. The van der Waals surface area contributed by atoms with Gasteiger partial charge >= 0.3 is 5.97 Å².